The monoisotopic (exact) mass is 540 g/mol. The summed E-state index contributed by atoms with van der Waals surface area (Å²) in [6.07, 6.45) is -1.15. The number of anilines is 4. The number of fused-ring (bicyclic) bond motifs is 1. The lowest BCUT2D eigenvalue weighted by Crippen LogP contribution is -2.25. The number of aromatic nitrogens is 5. The van der Waals surface area contributed by atoms with Gasteiger partial charge in [-0.25, -0.2) is 9.97 Å². The van der Waals surface area contributed by atoms with Crippen molar-refractivity contribution in [2.75, 3.05) is 41.9 Å². The number of aromatic amines is 1. The second-order valence-corrected chi connectivity index (χ2v) is 8.55. The lowest BCUT2D eigenvalue weighted by atomic mass is 10.1. The maximum atomic E-state index is 12.8. The van der Waals surface area contributed by atoms with Gasteiger partial charge in [-0.15, -0.1) is 0 Å². The highest BCUT2D eigenvalue weighted by Gasteiger charge is 2.28. The van der Waals surface area contributed by atoms with Crippen LogP contribution in [-0.4, -0.2) is 64.5 Å². The van der Waals surface area contributed by atoms with Crippen LogP contribution in [-0.2, 0) is 11.3 Å². The lowest BCUT2D eigenvalue weighted by Gasteiger charge is -2.26. The third-order valence-corrected chi connectivity index (χ3v) is 5.83. The van der Waals surface area contributed by atoms with Gasteiger partial charge in [0.2, 0.25) is 12.4 Å². The number of hydrogen-bond donors (Lipinski definition) is 2. The minimum Gasteiger partial charge on any atom is -0.486 e. The highest BCUT2D eigenvalue weighted by molar-refractivity contribution is 5.87. The second kappa shape index (κ2) is 10.8. The Balaban J connectivity index is 1.46. The topological polar surface area (TPSA) is 121 Å². The van der Waals surface area contributed by atoms with Crippen molar-refractivity contribution in [2.45, 2.75) is 12.7 Å². The van der Waals surface area contributed by atoms with Gasteiger partial charge in [-0.1, -0.05) is 0 Å². The van der Waals surface area contributed by atoms with Gasteiger partial charge in [0.15, 0.2) is 17.3 Å². The zero-order chi connectivity index (χ0) is 27.4. The van der Waals surface area contributed by atoms with Crippen LogP contribution < -0.4 is 24.6 Å². The fraction of sp³-hybridized carbons (Fsp3) is 0.240. The Morgan fingerprint density at radius 3 is 2.49 bits per heavy atom. The predicted octanol–water partition coefficient (Wildman–Crippen LogP) is 3.94. The number of benzene rings is 2. The van der Waals surface area contributed by atoms with E-state index in [9.17, 15) is 18.0 Å². The number of rotatable bonds is 9. The third kappa shape index (κ3) is 6.00. The number of carbonyl (C=O) groups excluding carboxylic acids is 1. The number of hydrogen-bond acceptors (Lipinski definition) is 9. The van der Waals surface area contributed by atoms with Crippen LogP contribution in [0.2, 0.25) is 0 Å². The number of nitrogens with zero attached hydrogens (tertiary/aromatic N) is 6. The zero-order valence-electron chi connectivity index (χ0n) is 20.6. The Kier molecular flexibility index (Phi) is 7.17. The molecule has 0 aliphatic carbocycles. The Morgan fingerprint density at radius 2 is 1.79 bits per heavy atom. The molecule has 3 heterocycles. The van der Waals surface area contributed by atoms with Gasteiger partial charge in [-0.05, 0) is 36.4 Å². The van der Waals surface area contributed by atoms with Crippen LogP contribution in [0.15, 0.2) is 55.0 Å². The van der Waals surface area contributed by atoms with Gasteiger partial charge >= 0.3 is 6.18 Å². The van der Waals surface area contributed by atoms with Crippen molar-refractivity contribution in [3.8, 4) is 22.9 Å². The normalized spacial score (nSPS) is 12.6. The van der Waals surface area contributed by atoms with E-state index in [-0.39, 0.29) is 18.3 Å². The molecule has 1 aliphatic heterocycles. The third-order valence-electron chi connectivity index (χ3n) is 5.83. The maximum Gasteiger partial charge on any atom is 0.405 e. The minimum absolute atomic E-state index is 0.126. The van der Waals surface area contributed by atoms with Crippen LogP contribution in [0.1, 0.15) is 5.56 Å². The average molecular weight is 541 g/mol. The van der Waals surface area contributed by atoms with Gasteiger partial charge in [0, 0.05) is 42.7 Å². The summed E-state index contributed by atoms with van der Waals surface area (Å²) in [4.78, 5) is 27.9. The molecule has 39 heavy (non-hydrogen) atoms. The van der Waals surface area contributed by atoms with Gasteiger partial charge in [0.05, 0.1) is 5.69 Å². The predicted molar refractivity (Wildman–Crippen MR) is 136 cm³/mol. The van der Waals surface area contributed by atoms with Crippen molar-refractivity contribution in [3.63, 3.8) is 0 Å². The Morgan fingerprint density at radius 1 is 1.05 bits per heavy atom. The largest absolute Gasteiger partial charge is 0.486 e. The molecule has 0 spiro atoms. The van der Waals surface area contributed by atoms with Crippen molar-refractivity contribution in [2.24, 2.45) is 0 Å². The van der Waals surface area contributed by atoms with Gasteiger partial charge in [0.1, 0.15) is 31.9 Å². The zero-order valence-corrected chi connectivity index (χ0v) is 20.6. The molecule has 2 N–H and O–H groups in total. The molecule has 0 bridgehead atoms. The number of alkyl halides is 3. The van der Waals surface area contributed by atoms with E-state index in [0.29, 0.717) is 48.2 Å². The van der Waals surface area contributed by atoms with E-state index in [4.69, 9.17) is 9.47 Å². The van der Waals surface area contributed by atoms with Crippen molar-refractivity contribution < 1.29 is 27.4 Å². The molecule has 0 atom stereocenters. The number of ether oxygens (including phenoxy) is 2. The van der Waals surface area contributed by atoms with Crippen molar-refractivity contribution in [3.05, 3.63) is 60.6 Å². The van der Waals surface area contributed by atoms with E-state index in [1.807, 2.05) is 24.1 Å². The molecule has 11 nitrogen and oxygen atoms in total. The average Bonchev–Trinajstić information content (AvgIpc) is 3.48. The Labute approximate surface area is 220 Å². The van der Waals surface area contributed by atoms with E-state index in [2.05, 4.69) is 30.5 Å². The Hall–Kier alpha value is -4.88. The first-order valence-electron chi connectivity index (χ1n) is 11.8. The van der Waals surface area contributed by atoms with Crippen molar-refractivity contribution >= 4 is 29.6 Å². The smallest absolute Gasteiger partial charge is 0.405 e. The summed E-state index contributed by atoms with van der Waals surface area (Å²) in [6, 6.07) is 12.3. The summed E-state index contributed by atoms with van der Waals surface area (Å²) < 4.78 is 49.7. The second-order valence-electron chi connectivity index (χ2n) is 8.55. The molecular formula is C25H23F3N8O3. The van der Waals surface area contributed by atoms with E-state index in [1.165, 1.54) is 17.4 Å². The van der Waals surface area contributed by atoms with Crippen LogP contribution in [0, 0.1) is 0 Å². The van der Waals surface area contributed by atoms with Crippen LogP contribution in [0.3, 0.4) is 0 Å². The van der Waals surface area contributed by atoms with E-state index in [1.54, 1.807) is 30.3 Å². The molecule has 0 fully saturated rings. The van der Waals surface area contributed by atoms with Gasteiger partial charge in [0.25, 0.3) is 0 Å². The molecule has 1 amide bonds. The molecule has 202 valence electrons. The number of amides is 1. The molecule has 2 aromatic carbocycles. The number of halogens is 3. The molecular weight excluding hydrogens is 517 g/mol. The maximum absolute atomic E-state index is 12.8. The summed E-state index contributed by atoms with van der Waals surface area (Å²) in [5.41, 5.74) is 2.46. The van der Waals surface area contributed by atoms with Gasteiger partial charge < -0.3 is 19.7 Å². The molecule has 0 saturated heterocycles. The van der Waals surface area contributed by atoms with E-state index in [0.717, 1.165) is 11.3 Å². The SMILES string of the molecule is CN(Cc1cnc(NCC(F)(F)F)nc1N(C=O)c1ccc(-c2ncn[nH]2)cc1)c1ccc2c(c1)OCCO2. The summed E-state index contributed by atoms with van der Waals surface area (Å²) in [5, 5.41) is 8.76. The quantitative estimate of drug-likeness (QED) is 0.304. The molecule has 14 heteroatoms. The highest BCUT2D eigenvalue weighted by atomic mass is 19.4. The van der Waals surface area contributed by atoms with Gasteiger partial charge in [-0.3, -0.25) is 14.8 Å². The molecule has 1 aliphatic rings. The van der Waals surface area contributed by atoms with Gasteiger partial charge in [-0.2, -0.15) is 23.3 Å². The van der Waals surface area contributed by atoms with Crippen LogP contribution in [0.4, 0.5) is 36.3 Å². The minimum atomic E-state index is -4.47. The van der Waals surface area contributed by atoms with Crippen LogP contribution in [0.25, 0.3) is 11.4 Å². The molecule has 0 unspecified atom stereocenters. The fourth-order valence-corrected chi connectivity index (χ4v) is 3.96. The summed E-state index contributed by atoms with van der Waals surface area (Å²) in [5.74, 6) is 1.65. The van der Waals surface area contributed by atoms with E-state index < -0.39 is 12.7 Å². The molecule has 0 saturated carbocycles. The molecule has 0 radical (unpaired) electrons. The van der Waals surface area contributed by atoms with Crippen molar-refractivity contribution in [1.82, 2.24) is 25.1 Å². The van der Waals surface area contributed by atoms with E-state index >= 15 is 0 Å². The molecule has 2 aromatic heterocycles. The van der Waals surface area contributed by atoms with Crippen molar-refractivity contribution in [1.29, 1.82) is 0 Å². The fourth-order valence-electron chi connectivity index (χ4n) is 3.96. The first kappa shape index (κ1) is 25.8. The van der Waals surface area contributed by atoms with Crippen LogP contribution in [0.5, 0.6) is 11.5 Å². The highest BCUT2D eigenvalue weighted by Crippen LogP contribution is 2.35. The molecule has 5 rings (SSSR count). The first-order chi connectivity index (χ1) is 18.8. The number of carbonyl (C=O) groups is 1. The Bertz CT molecular complexity index is 1430. The number of nitrogens with one attached hydrogen (secondary N) is 2. The lowest BCUT2D eigenvalue weighted by molar-refractivity contribution is -0.115. The first-order valence-corrected chi connectivity index (χ1v) is 11.8. The summed E-state index contributed by atoms with van der Waals surface area (Å²) in [6.45, 7) is -0.183. The number of H-pyrrole nitrogens is 1. The van der Waals surface area contributed by atoms with Crippen LogP contribution >= 0.6 is 0 Å². The molecule has 4 aromatic rings. The summed E-state index contributed by atoms with van der Waals surface area (Å²) in [7, 11) is 1.82. The standard InChI is InChI=1S/C25H23F3N8O3/c1-35(19-6-7-20-21(10-19)39-9-8-38-20)12-17-11-29-24(30-13-25(26,27)28)33-23(17)36(15-37)18-4-2-16(3-5-18)22-31-14-32-34-22/h2-7,10-11,14-15H,8-9,12-13H2,1H3,(H,29,30,33)(H,31,32,34). The summed E-state index contributed by atoms with van der Waals surface area (Å²) >= 11 is 0.